The van der Waals surface area contributed by atoms with Crippen molar-refractivity contribution < 1.29 is 19.4 Å². The highest BCUT2D eigenvalue weighted by atomic mass is 16.5. The highest BCUT2D eigenvalue weighted by molar-refractivity contribution is 6.00. The Kier molecular flexibility index (Phi) is 5.07. The summed E-state index contributed by atoms with van der Waals surface area (Å²) in [5.41, 5.74) is 2.55. The molecule has 24 heavy (non-hydrogen) atoms. The van der Waals surface area contributed by atoms with Crippen LogP contribution in [0.15, 0.2) is 12.1 Å². The third kappa shape index (κ3) is 3.71. The van der Waals surface area contributed by atoms with Crippen LogP contribution in [0.3, 0.4) is 0 Å². The average Bonchev–Trinajstić information content (AvgIpc) is 2.59. The van der Waals surface area contributed by atoms with E-state index >= 15 is 0 Å². The zero-order valence-electron chi connectivity index (χ0n) is 14.1. The Morgan fingerprint density at radius 3 is 2.67 bits per heavy atom. The lowest BCUT2D eigenvalue weighted by Crippen LogP contribution is -2.28. The van der Waals surface area contributed by atoms with Crippen molar-refractivity contribution in [2.75, 3.05) is 11.9 Å². The third-order valence-corrected chi connectivity index (χ3v) is 4.97. The van der Waals surface area contributed by atoms with Crippen molar-refractivity contribution in [2.45, 2.75) is 63.9 Å². The van der Waals surface area contributed by atoms with Crippen LogP contribution in [0.1, 0.15) is 73.7 Å². The van der Waals surface area contributed by atoms with Crippen molar-refractivity contribution in [3.05, 3.63) is 23.3 Å². The van der Waals surface area contributed by atoms with Crippen LogP contribution in [0.4, 0.5) is 5.69 Å². The highest BCUT2D eigenvalue weighted by Crippen LogP contribution is 2.40. The van der Waals surface area contributed by atoms with Crippen LogP contribution in [0, 0.1) is 0 Å². The van der Waals surface area contributed by atoms with E-state index in [1.807, 2.05) is 19.1 Å². The molecule has 1 saturated carbocycles. The van der Waals surface area contributed by atoms with Gasteiger partial charge in [-0.15, -0.1) is 0 Å². The Morgan fingerprint density at radius 1 is 1.21 bits per heavy atom. The molecule has 1 aromatic rings. The van der Waals surface area contributed by atoms with Crippen molar-refractivity contribution in [1.29, 1.82) is 0 Å². The second-order valence-corrected chi connectivity index (χ2v) is 6.90. The number of carbonyl (C=O) groups excluding carboxylic acids is 1. The molecule has 1 aliphatic carbocycles. The van der Waals surface area contributed by atoms with Crippen molar-refractivity contribution >= 4 is 17.4 Å². The van der Waals surface area contributed by atoms with E-state index < -0.39 is 5.97 Å². The molecule has 2 N–H and O–H groups in total. The number of benzene rings is 1. The quantitative estimate of drug-likeness (QED) is 0.798. The second-order valence-electron chi connectivity index (χ2n) is 6.90. The molecule has 0 radical (unpaired) electrons. The Balaban J connectivity index is 1.94. The van der Waals surface area contributed by atoms with E-state index in [1.165, 1.54) is 19.3 Å². The number of hydrogen-bond acceptors (Lipinski definition) is 4. The summed E-state index contributed by atoms with van der Waals surface area (Å²) in [6.45, 7) is 2.72. The molecule has 1 aliphatic heterocycles. The topological polar surface area (TPSA) is 75.6 Å². The number of carbonyl (C=O) groups is 2. The summed E-state index contributed by atoms with van der Waals surface area (Å²) in [4.78, 5) is 23.4. The zero-order valence-corrected chi connectivity index (χ0v) is 14.1. The number of fused-ring (bicyclic) bond motifs is 1. The van der Waals surface area contributed by atoms with Crippen LogP contribution in [0.2, 0.25) is 0 Å². The Bertz CT molecular complexity index is 634. The molecule has 0 amide bonds. The van der Waals surface area contributed by atoms with Gasteiger partial charge >= 0.3 is 5.97 Å². The van der Waals surface area contributed by atoms with Gasteiger partial charge in [-0.2, -0.15) is 0 Å². The summed E-state index contributed by atoms with van der Waals surface area (Å²) in [6.07, 6.45) is 5.80. The third-order valence-electron chi connectivity index (χ3n) is 4.97. The molecule has 0 saturated heterocycles. The van der Waals surface area contributed by atoms with E-state index in [9.17, 15) is 9.59 Å². The number of hydrogen-bond donors (Lipinski definition) is 2. The van der Waals surface area contributed by atoms with Crippen LogP contribution in [0.25, 0.3) is 0 Å². The van der Waals surface area contributed by atoms with E-state index in [4.69, 9.17) is 9.84 Å². The van der Waals surface area contributed by atoms with Gasteiger partial charge in [0, 0.05) is 12.0 Å². The molecule has 2 aliphatic rings. The first-order valence-corrected chi connectivity index (χ1v) is 8.88. The average molecular weight is 331 g/mol. The number of rotatable bonds is 5. The van der Waals surface area contributed by atoms with Crippen LogP contribution in [-0.4, -0.2) is 29.5 Å². The maximum absolute atomic E-state index is 12.6. The number of Topliss-reactive ketones (excluding diaryl/α,β-unsaturated/α-hetero) is 1. The molecule has 1 fully saturated rings. The number of nitrogens with one attached hydrogen (secondary N) is 1. The van der Waals surface area contributed by atoms with E-state index in [2.05, 4.69) is 5.32 Å². The largest absolute Gasteiger partial charge is 0.487 e. The number of carboxylic acids is 1. The summed E-state index contributed by atoms with van der Waals surface area (Å²) < 4.78 is 5.93. The Hall–Kier alpha value is -2.04. The predicted molar refractivity (Wildman–Crippen MR) is 92.0 cm³/mol. The van der Waals surface area contributed by atoms with E-state index in [-0.39, 0.29) is 24.7 Å². The smallest absolute Gasteiger partial charge is 0.303 e. The summed E-state index contributed by atoms with van der Waals surface area (Å²) in [7, 11) is 0. The minimum absolute atomic E-state index is 0.0467. The highest BCUT2D eigenvalue weighted by Gasteiger charge is 2.26. The second kappa shape index (κ2) is 7.24. The van der Waals surface area contributed by atoms with Gasteiger partial charge in [-0.3, -0.25) is 9.59 Å². The van der Waals surface area contributed by atoms with Gasteiger partial charge < -0.3 is 15.2 Å². The van der Waals surface area contributed by atoms with Crippen LogP contribution in [-0.2, 0) is 4.79 Å². The molecule has 1 heterocycles. The lowest BCUT2D eigenvalue weighted by atomic mass is 9.80. The first-order valence-electron chi connectivity index (χ1n) is 8.88. The molecule has 1 atom stereocenters. The predicted octanol–water partition coefficient (Wildman–Crippen LogP) is 3.97. The lowest BCUT2D eigenvalue weighted by Gasteiger charge is -2.29. The standard InChI is InChI=1S/C19H25NO4/c1-12-11-20-16-9-15(17(21)7-8-19(22)23)14(10-18(16)24-12)13-5-3-2-4-6-13/h9-10,12-13,20H,2-8,11H2,1H3,(H,22,23). The van der Waals surface area contributed by atoms with Crippen molar-refractivity contribution in [2.24, 2.45) is 0 Å². The fourth-order valence-corrected chi connectivity index (χ4v) is 3.69. The first-order chi connectivity index (χ1) is 11.5. The fraction of sp³-hybridized carbons (Fsp3) is 0.579. The number of ketones is 1. The van der Waals surface area contributed by atoms with Crippen LogP contribution < -0.4 is 10.1 Å². The van der Waals surface area contributed by atoms with Gasteiger partial charge in [-0.1, -0.05) is 19.3 Å². The van der Waals surface area contributed by atoms with Gasteiger partial charge in [-0.05, 0) is 43.4 Å². The van der Waals surface area contributed by atoms with E-state index in [0.29, 0.717) is 18.0 Å². The molecular weight excluding hydrogens is 306 g/mol. The molecular formula is C19H25NO4. The zero-order chi connectivity index (χ0) is 17.1. The molecule has 5 nitrogen and oxygen atoms in total. The molecule has 3 rings (SSSR count). The number of anilines is 1. The molecule has 1 aromatic carbocycles. The molecule has 0 spiro atoms. The number of carboxylic acid groups (broad SMARTS) is 1. The normalized spacial score (nSPS) is 20.6. The molecule has 1 unspecified atom stereocenters. The molecule has 0 aromatic heterocycles. The van der Waals surface area contributed by atoms with Gasteiger partial charge in [0.05, 0.1) is 18.7 Å². The SMILES string of the molecule is CC1CNc2cc(C(=O)CCC(=O)O)c(C3CCCCC3)cc2O1. The van der Waals surface area contributed by atoms with E-state index in [0.717, 1.165) is 29.8 Å². The fourth-order valence-electron chi connectivity index (χ4n) is 3.69. The summed E-state index contributed by atoms with van der Waals surface area (Å²) in [5, 5.41) is 12.2. The monoisotopic (exact) mass is 331 g/mol. The number of aliphatic carboxylic acids is 1. The molecule has 0 bridgehead atoms. The van der Waals surface area contributed by atoms with Crippen molar-refractivity contribution in [1.82, 2.24) is 0 Å². The maximum atomic E-state index is 12.6. The van der Waals surface area contributed by atoms with Gasteiger partial charge in [0.25, 0.3) is 0 Å². The van der Waals surface area contributed by atoms with Crippen LogP contribution in [0.5, 0.6) is 5.75 Å². The number of ether oxygens (including phenoxy) is 1. The summed E-state index contributed by atoms with van der Waals surface area (Å²) in [6, 6.07) is 3.89. The summed E-state index contributed by atoms with van der Waals surface area (Å²) >= 11 is 0. The van der Waals surface area contributed by atoms with E-state index in [1.54, 1.807) is 0 Å². The first kappa shape index (κ1) is 16.8. The van der Waals surface area contributed by atoms with Crippen molar-refractivity contribution in [3.63, 3.8) is 0 Å². The summed E-state index contributed by atoms with van der Waals surface area (Å²) in [5.74, 6) is 0.162. The van der Waals surface area contributed by atoms with Gasteiger partial charge in [0.15, 0.2) is 5.78 Å². The van der Waals surface area contributed by atoms with Crippen LogP contribution >= 0.6 is 0 Å². The van der Waals surface area contributed by atoms with Crippen molar-refractivity contribution in [3.8, 4) is 5.75 Å². The van der Waals surface area contributed by atoms with Gasteiger partial charge in [0.1, 0.15) is 11.9 Å². The maximum Gasteiger partial charge on any atom is 0.303 e. The van der Waals surface area contributed by atoms with Gasteiger partial charge in [0.2, 0.25) is 0 Å². The minimum atomic E-state index is -0.934. The Labute approximate surface area is 142 Å². The lowest BCUT2D eigenvalue weighted by molar-refractivity contribution is -0.136. The molecule has 5 heteroatoms. The van der Waals surface area contributed by atoms with Gasteiger partial charge in [-0.25, -0.2) is 0 Å². The molecule has 130 valence electrons. The Morgan fingerprint density at radius 2 is 1.96 bits per heavy atom. The minimum Gasteiger partial charge on any atom is -0.487 e.